The molecule has 0 amide bonds. The van der Waals surface area contributed by atoms with Gasteiger partial charge >= 0.3 is 0 Å². The van der Waals surface area contributed by atoms with Crippen LogP contribution >= 0.6 is 12.4 Å². The van der Waals surface area contributed by atoms with Crippen LogP contribution in [0, 0.1) is 61.3 Å². The number of aromatic hydroxyl groups is 2. The van der Waals surface area contributed by atoms with Crippen molar-refractivity contribution in [1.29, 1.82) is 0 Å². The molecule has 0 spiro atoms. The van der Waals surface area contributed by atoms with Crippen molar-refractivity contribution in [2.45, 2.75) is 41.4 Å². The SMILES string of the molecule is C.CC(=O)C(=O)C#CC#CC#CF.Cc1ncc(CO)c(-c2nc(-c3ccc(F)cc3)c(-c3ccc(F)cc3)[nH]2)c1O.Cc1ncc(CO)c(C=O)c1O.Cl. The standard InChI is InChI=1S/C22H17F2N3O2.C9H3FO2.C8H9NO3.CH4.ClH/c1-12-21(29)18(15(11-28)10-25-12)22-26-19(13-2-6-16(23)7-3-13)20(27-22)14-4-8-17(24)9-5-14;1-8(11)9(12)6-4-2-3-5-7-10;1-5-8(12)7(4-11)6(3-10)2-9-5;;/h2-10,28-29H,11H2,1H3,(H,26,27);1H3;2,4,10,12H,3H2,1H3;1H4;1H. The van der Waals surface area contributed by atoms with Gasteiger partial charge in [-0.05, 0) is 80.1 Å². The smallest absolute Gasteiger partial charge is 0.272 e. The van der Waals surface area contributed by atoms with Crippen LogP contribution in [-0.4, -0.2) is 58.2 Å². The highest BCUT2D eigenvalue weighted by atomic mass is 35.5. The summed E-state index contributed by atoms with van der Waals surface area (Å²) >= 11 is 0. The van der Waals surface area contributed by atoms with E-state index in [1.54, 1.807) is 44.0 Å². The maximum Gasteiger partial charge on any atom is 0.272 e. The lowest BCUT2D eigenvalue weighted by atomic mass is 10.1. The third kappa shape index (κ3) is 12.4. The number of hydrogen-bond donors (Lipinski definition) is 5. The number of benzene rings is 2. The largest absolute Gasteiger partial charge is 0.505 e. The van der Waals surface area contributed by atoms with Crippen molar-refractivity contribution >= 4 is 30.3 Å². The number of aldehydes is 1. The number of aromatic nitrogens is 4. The molecule has 55 heavy (non-hydrogen) atoms. The Morgan fingerprint density at radius 1 is 0.800 bits per heavy atom. The number of pyridine rings is 2. The normalized spacial score (nSPS) is 9.24. The van der Waals surface area contributed by atoms with Crippen molar-refractivity contribution in [3.05, 3.63) is 101 Å². The Kier molecular flexibility index (Phi) is 18.8. The maximum absolute atomic E-state index is 13.4. The summed E-state index contributed by atoms with van der Waals surface area (Å²) in [6.07, 6.45) is 4.39. The number of imidazole rings is 1. The fraction of sp³-hybridized carbons (Fsp3) is 0.150. The van der Waals surface area contributed by atoms with Crippen LogP contribution in [0.25, 0.3) is 33.9 Å². The molecule has 0 unspecified atom stereocenters. The average molecular weight is 775 g/mol. The van der Waals surface area contributed by atoms with Crippen molar-refractivity contribution in [3.63, 3.8) is 0 Å². The van der Waals surface area contributed by atoms with Crippen molar-refractivity contribution in [3.8, 4) is 81.2 Å². The zero-order valence-electron chi connectivity index (χ0n) is 28.7. The van der Waals surface area contributed by atoms with Crippen LogP contribution in [0.1, 0.15) is 47.2 Å². The first-order valence-electron chi connectivity index (χ1n) is 15.2. The van der Waals surface area contributed by atoms with Gasteiger partial charge in [-0.25, -0.2) is 13.8 Å². The van der Waals surface area contributed by atoms with E-state index in [1.165, 1.54) is 36.7 Å². The zero-order valence-corrected chi connectivity index (χ0v) is 29.5. The van der Waals surface area contributed by atoms with Crippen molar-refractivity contribution in [1.82, 2.24) is 19.9 Å². The highest BCUT2D eigenvalue weighted by molar-refractivity contribution is 6.43. The molecule has 0 saturated heterocycles. The number of rotatable bonds is 7. The minimum absolute atomic E-state index is 0. The van der Waals surface area contributed by atoms with E-state index in [0.29, 0.717) is 62.7 Å². The van der Waals surface area contributed by atoms with E-state index < -0.39 is 11.6 Å². The lowest BCUT2D eigenvalue weighted by Gasteiger charge is -2.09. The van der Waals surface area contributed by atoms with Gasteiger partial charge in [-0.2, -0.15) is 0 Å². The molecule has 3 aromatic heterocycles. The molecular formula is C40H34ClF3N4O7. The number of aliphatic hydroxyl groups excluding tert-OH is 2. The molecule has 15 heteroatoms. The molecule has 0 aliphatic carbocycles. The Hall–Kier alpha value is -6.76. The number of Topliss-reactive ketones (excluding diaryl/α,β-unsaturated/α-hetero) is 2. The van der Waals surface area contributed by atoms with E-state index >= 15 is 0 Å². The van der Waals surface area contributed by atoms with Gasteiger partial charge in [-0.15, -0.1) is 16.8 Å². The number of aryl methyl sites for hydroxylation is 2. The van der Waals surface area contributed by atoms with Gasteiger partial charge in [0.25, 0.3) is 5.78 Å². The molecule has 2 aromatic carbocycles. The molecule has 5 N–H and O–H groups in total. The summed E-state index contributed by atoms with van der Waals surface area (Å²) in [6.45, 7) is 3.70. The molecule has 0 radical (unpaired) electrons. The molecule has 3 heterocycles. The number of H-pyrrole nitrogens is 1. The van der Waals surface area contributed by atoms with E-state index in [1.807, 2.05) is 11.8 Å². The number of hydrogen-bond acceptors (Lipinski definition) is 10. The van der Waals surface area contributed by atoms with Gasteiger partial charge in [-0.3, -0.25) is 24.4 Å². The van der Waals surface area contributed by atoms with Gasteiger partial charge in [0.1, 0.15) is 35.1 Å². The predicted molar refractivity (Wildman–Crippen MR) is 201 cm³/mol. The summed E-state index contributed by atoms with van der Waals surface area (Å²) in [7, 11) is 0. The van der Waals surface area contributed by atoms with Crippen LogP contribution in [0.3, 0.4) is 0 Å². The fourth-order valence-corrected chi connectivity index (χ4v) is 4.32. The quantitative estimate of drug-likeness (QED) is 0.0558. The van der Waals surface area contributed by atoms with Crippen LogP contribution in [0.4, 0.5) is 13.2 Å². The second kappa shape index (κ2) is 22.3. The van der Waals surface area contributed by atoms with Crippen LogP contribution in [0.5, 0.6) is 11.5 Å². The summed E-state index contributed by atoms with van der Waals surface area (Å²) in [4.78, 5) is 46.8. The van der Waals surface area contributed by atoms with Gasteiger partial charge < -0.3 is 25.4 Å². The predicted octanol–water partition coefficient (Wildman–Crippen LogP) is 6.13. The number of carbonyl (C=O) groups is 3. The van der Waals surface area contributed by atoms with Gasteiger partial charge in [0.2, 0.25) is 5.78 Å². The molecule has 5 aromatic rings. The molecule has 0 saturated carbocycles. The number of aliphatic hydroxyl groups is 2. The maximum atomic E-state index is 13.4. The number of nitrogens with one attached hydrogen (secondary N) is 1. The highest BCUT2D eigenvalue weighted by Crippen LogP contribution is 2.38. The first kappa shape index (κ1) is 46.3. The molecule has 0 fully saturated rings. The Bertz CT molecular complexity index is 2270. The molecule has 11 nitrogen and oxygen atoms in total. The van der Waals surface area contributed by atoms with Crippen LogP contribution < -0.4 is 0 Å². The van der Waals surface area contributed by atoms with Gasteiger partial charge in [0, 0.05) is 53.4 Å². The van der Waals surface area contributed by atoms with E-state index in [2.05, 4.69) is 31.8 Å². The summed E-state index contributed by atoms with van der Waals surface area (Å²) in [5, 5.41) is 38.3. The first-order chi connectivity index (χ1) is 25.4. The summed E-state index contributed by atoms with van der Waals surface area (Å²) in [6, 6.07) is 11.7. The van der Waals surface area contributed by atoms with Gasteiger partial charge in [0.15, 0.2) is 6.29 Å². The Balaban J connectivity index is 0.000000486. The second-order valence-electron chi connectivity index (χ2n) is 10.6. The fourth-order valence-electron chi connectivity index (χ4n) is 4.32. The van der Waals surface area contributed by atoms with Gasteiger partial charge in [-0.1, -0.05) is 7.43 Å². The van der Waals surface area contributed by atoms with Crippen LogP contribution in [-0.2, 0) is 22.8 Å². The molecule has 0 aliphatic rings. The third-order valence-electron chi connectivity index (χ3n) is 7.05. The lowest BCUT2D eigenvalue weighted by molar-refractivity contribution is -0.132. The van der Waals surface area contributed by atoms with E-state index in [0.717, 1.165) is 13.1 Å². The molecule has 5 rings (SSSR count). The van der Waals surface area contributed by atoms with E-state index in [-0.39, 0.29) is 61.7 Å². The highest BCUT2D eigenvalue weighted by Gasteiger charge is 2.21. The number of ketones is 2. The third-order valence-corrected chi connectivity index (χ3v) is 7.05. The molecule has 0 aliphatic heterocycles. The van der Waals surface area contributed by atoms with Gasteiger partial charge in [0.05, 0.1) is 47.1 Å². The summed E-state index contributed by atoms with van der Waals surface area (Å²) in [5.41, 5.74) is 4.35. The van der Waals surface area contributed by atoms with Crippen molar-refractivity contribution < 1.29 is 48.0 Å². The van der Waals surface area contributed by atoms with E-state index in [4.69, 9.17) is 5.11 Å². The zero-order chi connectivity index (χ0) is 39.1. The number of halogens is 4. The number of nitrogens with zero attached hydrogens (tertiary/aromatic N) is 3. The van der Waals surface area contributed by atoms with E-state index in [9.17, 15) is 42.9 Å². The Morgan fingerprint density at radius 3 is 1.82 bits per heavy atom. The lowest BCUT2D eigenvalue weighted by Crippen LogP contribution is -2.04. The molecule has 0 atom stereocenters. The Morgan fingerprint density at radius 2 is 1.31 bits per heavy atom. The molecular weight excluding hydrogens is 741 g/mol. The first-order valence-corrected chi connectivity index (χ1v) is 15.2. The molecule has 0 bridgehead atoms. The van der Waals surface area contributed by atoms with Crippen LogP contribution in [0.15, 0.2) is 60.9 Å². The topological polar surface area (TPSA) is 187 Å². The summed E-state index contributed by atoms with van der Waals surface area (Å²) in [5.74, 6) is 7.68. The second-order valence-corrected chi connectivity index (χ2v) is 10.6. The molecule has 284 valence electrons. The monoisotopic (exact) mass is 774 g/mol. The van der Waals surface area contributed by atoms with Crippen molar-refractivity contribution in [2.75, 3.05) is 0 Å². The van der Waals surface area contributed by atoms with Crippen molar-refractivity contribution in [2.24, 2.45) is 0 Å². The minimum Gasteiger partial charge on any atom is -0.505 e. The number of aromatic amines is 1. The minimum atomic E-state index is -0.822. The summed E-state index contributed by atoms with van der Waals surface area (Å²) < 4.78 is 37.9. The number of carbonyl (C=O) groups excluding carboxylic acids is 3. The average Bonchev–Trinajstić information content (AvgIpc) is 3.59. The Labute approximate surface area is 320 Å². The van der Waals surface area contributed by atoms with Crippen LogP contribution in [0.2, 0.25) is 0 Å².